The summed E-state index contributed by atoms with van der Waals surface area (Å²) in [4.78, 5) is 2.58. The summed E-state index contributed by atoms with van der Waals surface area (Å²) in [5.74, 6) is 1.21. The molecule has 176 valence electrons. The summed E-state index contributed by atoms with van der Waals surface area (Å²) in [6, 6.07) is 5.06. The topological polar surface area (TPSA) is 52.7 Å². The van der Waals surface area contributed by atoms with Crippen molar-refractivity contribution in [2.75, 3.05) is 33.7 Å². The van der Waals surface area contributed by atoms with Gasteiger partial charge in [0.15, 0.2) is 0 Å². The zero-order chi connectivity index (χ0) is 22.4. The second-order valence-corrected chi connectivity index (χ2v) is 12.3. The Morgan fingerprint density at radius 3 is 2.42 bits per heavy atom. The summed E-state index contributed by atoms with van der Waals surface area (Å²) in [6.45, 7) is 3.43. The molecule has 1 aliphatic carbocycles. The Bertz CT molecular complexity index is 805. The van der Waals surface area contributed by atoms with E-state index in [4.69, 9.17) is 0 Å². The quantitative estimate of drug-likeness (QED) is 0.521. The Balaban J connectivity index is 1.30. The van der Waals surface area contributed by atoms with Crippen molar-refractivity contribution in [1.29, 1.82) is 0 Å². The fraction of sp³-hybridized carbons (Fsp3) is 0.739. The van der Waals surface area contributed by atoms with E-state index in [1.165, 1.54) is 36.1 Å². The Morgan fingerprint density at radius 2 is 1.77 bits per heavy atom. The first kappa shape index (κ1) is 25.1. The molecule has 1 aromatic rings. The molecule has 31 heavy (non-hydrogen) atoms. The highest BCUT2D eigenvalue weighted by Gasteiger charge is 2.26. The number of likely N-dealkylation sites (tertiary alicyclic amines) is 1. The minimum absolute atomic E-state index is 0.0841. The lowest BCUT2D eigenvalue weighted by atomic mass is 9.83. The molecule has 5 nitrogen and oxygen atoms in total. The van der Waals surface area contributed by atoms with E-state index in [0.29, 0.717) is 5.92 Å². The molecule has 0 bridgehead atoms. The zero-order valence-corrected chi connectivity index (χ0v) is 21.2. The van der Waals surface area contributed by atoms with Gasteiger partial charge in [0, 0.05) is 24.6 Å². The summed E-state index contributed by atoms with van der Waals surface area (Å²) >= 11 is 3.55. The minimum Gasteiger partial charge on any atom is -0.303 e. The molecule has 8 heteroatoms. The molecule has 2 aliphatic rings. The summed E-state index contributed by atoms with van der Waals surface area (Å²) < 4.78 is 42.6. The van der Waals surface area contributed by atoms with Gasteiger partial charge in [-0.3, -0.25) is 0 Å². The second kappa shape index (κ2) is 11.5. The number of benzene rings is 1. The van der Waals surface area contributed by atoms with Gasteiger partial charge in [0.05, 0.1) is 0 Å². The van der Waals surface area contributed by atoms with Crippen molar-refractivity contribution in [3.63, 3.8) is 0 Å². The van der Waals surface area contributed by atoms with Crippen LogP contribution in [0.15, 0.2) is 22.7 Å². The van der Waals surface area contributed by atoms with Gasteiger partial charge in [0.1, 0.15) is 5.82 Å². The highest BCUT2D eigenvalue weighted by Crippen LogP contribution is 2.30. The maximum absolute atomic E-state index is 13.5. The molecule has 1 heterocycles. The van der Waals surface area contributed by atoms with E-state index in [9.17, 15) is 12.8 Å². The van der Waals surface area contributed by atoms with E-state index in [2.05, 4.69) is 25.6 Å². The van der Waals surface area contributed by atoms with Crippen molar-refractivity contribution in [1.82, 2.24) is 13.9 Å². The Hall–Kier alpha value is -0.540. The summed E-state index contributed by atoms with van der Waals surface area (Å²) in [7, 11) is -0.187. The van der Waals surface area contributed by atoms with E-state index in [0.717, 1.165) is 67.7 Å². The molecule has 0 atom stereocenters. The maximum atomic E-state index is 13.5. The van der Waals surface area contributed by atoms with Crippen LogP contribution in [0.4, 0.5) is 4.39 Å². The molecule has 0 unspecified atom stereocenters. The fourth-order valence-corrected chi connectivity index (χ4v) is 6.19. The predicted octanol–water partition coefficient (Wildman–Crippen LogP) is 4.58. The molecule has 1 saturated carbocycles. The fourth-order valence-electron chi connectivity index (χ4n) is 4.91. The van der Waals surface area contributed by atoms with Gasteiger partial charge in [0.2, 0.25) is 0 Å². The van der Waals surface area contributed by atoms with E-state index in [1.54, 1.807) is 20.2 Å². The number of hydrogen-bond donors (Lipinski definition) is 1. The first-order valence-corrected chi connectivity index (χ1v) is 13.8. The molecule has 3 rings (SSSR count). The highest BCUT2D eigenvalue weighted by molar-refractivity contribution is 9.10. The van der Waals surface area contributed by atoms with Crippen molar-refractivity contribution in [2.45, 2.75) is 63.8 Å². The van der Waals surface area contributed by atoms with Crippen LogP contribution in [0, 0.1) is 17.7 Å². The van der Waals surface area contributed by atoms with E-state index < -0.39 is 10.2 Å². The van der Waals surface area contributed by atoms with Gasteiger partial charge in [-0.1, -0.05) is 15.9 Å². The molecule has 1 aromatic carbocycles. The molecule has 1 N–H and O–H groups in total. The van der Waals surface area contributed by atoms with Crippen LogP contribution in [0.5, 0.6) is 0 Å². The number of piperidine rings is 1. The number of nitrogens with one attached hydrogen (secondary N) is 1. The summed E-state index contributed by atoms with van der Waals surface area (Å²) in [5, 5.41) is 0. The van der Waals surface area contributed by atoms with Crippen LogP contribution >= 0.6 is 15.9 Å². The molecule has 0 spiro atoms. The van der Waals surface area contributed by atoms with Crippen LogP contribution in [-0.4, -0.2) is 57.4 Å². The SMILES string of the molecule is CN(C)S(=O)(=O)N[C@H]1CC[C@@H](CCCN2CCC(Cc3cc(F)ccc3Br)CC2)CC1. The van der Waals surface area contributed by atoms with E-state index in [-0.39, 0.29) is 11.9 Å². The molecule has 0 aromatic heterocycles. The van der Waals surface area contributed by atoms with E-state index in [1.807, 2.05) is 6.07 Å². The van der Waals surface area contributed by atoms with Crippen LogP contribution in [0.3, 0.4) is 0 Å². The van der Waals surface area contributed by atoms with Gasteiger partial charge in [0.25, 0.3) is 10.2 Å². The normalized spacial score (nSPS) is 24.0. The van der Waals surface area contributed by atoms with Gasteiger partial charge in [-0.2, -0.15) is 17.4 Å². The van der Waals surface area contributed by atoms with Crippen LogP contribution in [-0.2, 0) is 16.6 Å². The number of halogens is 2. The smallest absolute Gasteiger partial charge is 0.279 e. The largest absolute Gasteiger partial charge is 0.303 e. The van der Waals surface area contributed by atoms with Crippen molar-refractivity contribution in [3.05, 3.63) is 34.1 Å². The number of rotatable bonds is 9. The first-order chi connectivity index (χ1) is 14.7. The second-order valence-electron chi connectivity index (χ2n) is 9.49. The molecule has 1 saturated heterocycles. The van der Waals surface area contributed by atoms with E-state index >= 15 is 0 Å². The number of nitrogens with zero attached hydrogens (tertiary/aromatic N) is 2. The lowest BCUT2D eigenvalue weighted by Crippen LogP contribution is -2.43. The zero-order valence-electron chi connectivity index (χ0n) is 18.8. The Kier molecular flexibility index (Phi) is 9.35. The van der Waals surface area contributed by atoms with Gasteiger partial charge < -0.3 is 4.90 Å². The Labute approximate surface area is 196 Å². The van der Waals surface area contributed by atoms with Crippen LogP contribution < -0.4 is 4.72 Å². The van der Waals surface area contributed by atoms with Crippen molar-refractivity contribution < 1.29 is 12.8 Å². The average Bonchev–Trinajstić information content (AvgIpc) is 2.73. The molecule has 2 fully saturated rings. The van der Waals surface area contributed by atoms with Gasteiger partial charge in [-0.15, -0.1) is 0 Å². The van der Waals surface area contributed by atoms with Crippen molar-refractivity contribution >= 4 is 26.1 Å². The van der Waals surface area contributed by atoms with Gasteiger partial charge in [-0.25, -0.2) is 4.39 Å². The minimum atomic E-state index is -3.32. The van der Waals surface area contributed by atoms with Crippen molar-refractivity contribution in [3.8, 4) is 0 Å². The highest BCUT2D eigenvalue weighted by atomic mass is 79.9. The van der Waals surface area contributed by atoms with Crippen LogP contribution in [0.2, 0.25) is 0 Å². The predicted molar refractivity (Wildman–Crippen MR) is 128 cm³/mol. The summed E-state index contributed by atoms with van der Waals surface area (Å²) in [5.41, 5.74) is 1.09. The maximum Gasteiger partial charge on any atom is 0.279 e. The van der Waals surface area contributed by atoms with Gasteiger partial charge in [-0.05, 0) is 113 Å². The third-order valence-electron chi connectivity index (χ3n) is 6.95. The third-order valence-corrected chi connectivity index (χ3v) is 9.32. The molecule has 0 amide bonds. The third kappa shape index (κ3) is 7.77. The average molecular weight is 519 g/mol. The molecular weight excluding hydrogens is 481 g/mol. The molecule has 0 radical (unpaired) electrons. The standard InChI is InChI=1S/C23H37BrFN3O2S/c1-27(2)31(29,30)26-22-8-5-18(6-9-22)4-3-13-28-14-11-19(12-15-28)16-20-17-21(25)7-10-23(20)24/h7,10,17-19,22,26H,3-6,8-9,11-16H2,1-2H3/t18-,22+. The van der Waals surface area contributed by atoms with Crippen LogP contribution in [0.1, 0.15) is 56.9 Å². The van der Waals surface area contributed by atoms with Crippen LogP contribution in [0.25, 0.3) is 0 Å². The lowest BCUT2D eigenvalue weighted by Gasteiger charge is -2.33. The van der Waals surface area contributed by atoms with Gasteiger partial charge >= 0.3 is 0 Å². The lowest BCUT2D eigenvalue weighted by molar-refractivity contribution is 0.174. The van der Waals surface area contributed by atoms with Crippen molar-refractivity contribution in [2.24, 2.45) is 11.8 Å². The summed E-state index contributed by atoms with van der Waals surface area (Å²) in [6.07, 6.45) is 9.89. The molecular formula is C23H37BrFN3O2S. The molecule has 1 aliphatic heterocycles. The number of hydrogen-bond acceptors (Lipinski definition) is 3. The first-order valence-electron chi connectivity index (χ1n) is 11.6. The Morgan fingerprint density at radius 1 is 1.10 bits per heavy atom. The monoisotopic (exact) mass is 517 g/mol.